The van der Waals surface area contributed by atoms with Gasteiger partial charge in [0.1, 0.15) is 0 Å². The lowest BCUT2D eigenvalue weighted by molar-refractivity contribution is 0.177. The molecule has 18 heavy (non-hydrogen) atoms. The Labute approximate surface area is 116 Å². The predicted molar refractivity (Wildman–Crippen MR) is 76.5 cm³/mol. The van der Waals surface area contributed by atoms with Gasteiger partial charge in [-0.25, -0.2) is 0 Å². The molecule has 0 bridgehead atoms. The van der Waals surface area contributed by atoms with Crippen molar-refractivity contribution in [1.82, 2.24) is 4.98 Å². The summed E-state index contributed by atoms with van der Waals surface area (Å²) in [6.07, 6.45) is 1.79. The summed E-state index contributed by atoms with van der Waals surface area (Å²) in [4.78, 5) is 4.32. The van der Waals surface area contributed by atoms with Gasteiger partial charge in [0, 0.05) is 22.8 Å². The molecule has 0 amide bonds. The molecule has 1 N–H and O–H groups in total. The normalized spacial score (nSPS) is 12.4. The summed E-state index contributed by atoms with van der Waals surface area (Å²) in [7, 11) is 0. The number of hydrogen-bond donors (Lipinski definition) is 1. The molecule has 0 radical (unpaired) electrons. The minimum atomic E-state index is -0.519. The summed E-state index contributed by atoms with van der Waals surface area (Å²) in [5.41, 5.74) is 4.12. The summed E-state index contributed by atoms with van der Waals surface area (Å²) in [6, 6.07) is 9.92. The van der Waals surface area contributed by atoms with Gasteiger partial charge < -0.3 is 5.11 Å². The molecule has 1 heterocycles. The third-order valence-electron chi connectivity index (χ3n) is 2.95. The van der Waals surface area contributed by atoms with Crippen molar-refractivity contribution in [2.24, 2.45) is 0 Å². The van der Waals surface area contributed by atoms with E-state index in [-0.39, 0.29) is 0 Å². The van der Waals surface area contributed by atoms with E-state index in [1.165, 1.54) is 0 Å². The number of nitrogens with zero attached hydrogens (tertiary/aromatic N) is 1. The van der Waals surface area contributed by atoms with Crippen molar-refractivity contribution in [3.8, 4) is 0 Å². The maximum absolute atomic E-state index is 10.3. The van der Waals surface area contributed by atoms with Crippen LogP contribution in [0.5, 0.6) is 0 Å². The molecule has 0 fully saturated rings. The maximum Gasteiger partial charge on any atom is 0.0846 e. The number of benzene rings is 1. The lowest BCUT2D eigenvalue weighted by Gasteiger charge is -2.13. The van der Waals surface area contributed by atoms with E-state index in [1.807, 2.05) is 44.2 Å². The van der Waals surface area contributed by atoms with Crippen LogP contribution >= 0.6 is 15.9 Å². The van der Waals surface area contributed by atoms with Crippen molar-refractivity contribution in [2.45, 2.75) is 26.4 Å². The van der Waals surface area contributed by atoms with E-state index in [9.17, 15) is 5.11 Å². The molecule has 1 aromatic heterocycles. The van der Waals surface area contributed by atoms with Gasteiger partial charge in [0.15, 0.2) is 0 Å². The number of rotatable bonds is 3. The predicted octanol–water partition coefficient (Wildman–Crippen LogP) is 3.74. The zero-order chi connectivity index (χ0) is 13.1. The highest BCUT2D eigenvalue weighted by Crippen LogP contribution is 2.23. The Morgan fingerprint density at radius 3 is 2.72 bits per heavy atom. The molecule has 1 aromatic carbocycles. The van der Waals surface area contributed by atoms with Crippen LogP contribution in [0, 0.1) is 13.8 Å². The molecule has 0 aliphatic rings. The standard InChI is InChI=1S/C15H16BrNO/c1-10-6-12(8-13(16)7-10)15(18)9-14-11(2)4-3-5-17-14/h3-8,15,18H,9H2,1-2H3. The van der Waals surface area contributed by atoms with Crippen LogP contribution in [-0.4, -0.2) is 10.1 Å². The van der Waals surface area contributed by atoms with Gasteiger partial charge in [-0.05, 0) is 48.7 Å². The quantitative estimate of drug-likeness (QED) is 0.937. The van der Waals surface area contributed by atoms with E-state index in [0.29, 0.717) is 6.42 Å². The first-order chi connectivity index (χ1) is 8.56. The first kappa shape index (κ1) is 13.2. The van der Waals surface area contributed by atoms with Crippen molar-refractivity contribution >= 4 is 15.9 Å². The summed E-state index contributed by atoms with van der Waals surface area (Å²) in [5.74, 6) is 0. The zero-order valence-corrected chi connectivity index (χ0v) is 12.1. The highest BCUT2D eigenvalue weighted by atomic mass is 79.9. The maximum atomic E-state index is 10.3. The molecule has 2 rings (SSSR count). The molecule has 0 aliphatic heterocycles. The van der Waals surface area contributed by atoms with Gasteiger partial charge in [0.25, 0.3) is 0 Å². The van der Waals surface area contributed by atoms with E-state index in [1.54, 1.807) is 6.20 Å². The van der Waals surface area contributed by atoms with Crippen LogP contribution in [0.15, 0.2) is 41.0 Å². The Morgan fingerprint density at radius 1 is 1.28 bits per heavy atom. The second kappa shape index (κ2) is 5.63. The van der Waals surface area contributed by atoms with Gasteiger partial charge in [-0.1, -0.05) is 28.1 Å². The highest BCUT2D eigenvalue weighted by molar-refractivity contribution is 9.10. The van der Waals surface area contributed by atoms with E-state index in [4.69, 9.17) is 0 Å². The second-order valence-electron chi connectivity index (χ2n) is 4.55. The second-order valence-corrected chi connectivity index (χ2v) is 5.46. The molecule has 94 valence electrons. The number of aliphatic hydroxyl groups excluding tert-OH is 1. The largest absolute Gasteiger partial charge is 0.388 e. The van der Waals surface area contributed by atoms with Gasteiger partial charge in [0.2, 0.25) is 0 Å². The third kappa shape index (κ3) is 3.18. The molecule has 0 spiro atoms. The summed E-state index contributed by atoms with van der Waals surface area (Å²) < 4.78 is 0.995. The van der Waals surface area contributed by atoms with Crippen molar-refractivity contribution in [3.63, 3.8) is 0 Å². The summed E-state index contributed by atoms with van der Waals surface area (Å²) in [6.45, 7) is 4.04. The fraction of sp³-hybridized carbons (Fsp3) is 0.267. The van der Waals surface area contributed by atoms with E-state index in [2.05, 4.69) is 20.9 Å². The summed E-state index contributed by atoms with van der Waals surface area (Å²) in [5, 5.41) is 10.3. The lowest BCUT2D eigenvalue weighted by atomic mass is 10.0. The minimum absolute atomic E-state index is 0.519. The van der Waals surface area contributed by atoms with Gasteiger partial charge in [-0.2, -0.15) is 0 Å². The first-order valence-corrected chi connectivity index (χ1v) is 6.71. The van der Waals surface area contributed by atoms with Gasteiger partial charge >= 0.3 is 0 Å². The number of aryl methyl sites for hydroxylation is 2. The number of pyridine rings is 1. The molecule has 0 saturated carbocycles. The van der Waals surface area contributed by atoms with Crippen LogP contribution < -0.4 is 0 Å². The topological polar surface area (TPSA) is 33.1 Å². The SMILES string of the molecule is Cc1cc(Br)cc(C(O)Cc2ncccc2C)c1. The Kier molecular flexibility index (Phi) is 4.15. The van der Waals surface area contributed by atoms with Crippen LogP contribution in [0.25, 0.3) is 0 Å². The van der Waals surface area contributed by atoms with Gasteiger partial charge in [-0.3, -0.25) is 4.98 Å². The number of hydrogen-bond acceptors (Lipinski definition) is 2. The van der Waals surface area contributed by atoms with Crippen molar-refractivity contribution in [3.05, 3.63) is 63.4 Å². The molecular formula is C15H16BrNO. The van der Waals surface area contributed by atoms with Gasteiger partial charge in [0.05, 0.1) is 6.10 Å². The molecule has 0 aliphatic carbocycles. The smallest absolute Gasteiger partial charge is 0.0846 e. The molecular weight excluding hydrogens is 290 g/mol. The lowest BCUT2D eigenvalue weighted by Crippen LogP contribution is -2.05. The van der Waals surface area contributed by atoms with Crippen LogP contribution in [-0.2, 0) is 6.42 Å². The average Bonchev–Trinajstić information content (AvgIpc) is 2.31. The Morgan fingerprint density at radius 2 is 2.06 bits per heavy atom. The molecule has 1 atom stereocenters. The van der Waals surface area contributed by atoms with Crippen LogP contribution in [0.1, 0.15) is 28.5 Å². The van der Waals surface area contributed by atoms with E-state index in [0.717, 1.165) is 26.9 Å². The Bertz CT molecular complexity index is 534. The van der Waals surface area contributed by atoms with Crippen LogP contribution in [0.3, 0.4) is 0 Å². The average molecular weight is 306 g/mol. The Hall–Kier alpha value is -1.19. The zero-order valence-electron chi connectivity index (χ0n) is 10.5. The van der Waals surface area contributed by atoms with Crippen molar-refractivity contribution < 1.29 is 5.11 Å². The van der Waals surface area contributed by atoms with Crippen molar-refractivity contribution in [2.75, 3.05) is 0 Å². The molecule has 2 nitrogen and oxygen atoms in total. The fourth-order valence-corrected chi connectivity index (χ4v) is 2.62. The first-order valence-electron chi connectivity index (χ1n) is 5.92. The monoisotopic (exact) mass is 305 g/mol. The van der Waals surface area contributed by atoms with Gasteiger partial charge in [-0.15, -0.1) is 0 Å². The number of aromatic nitrogens is 1. The summed E-state index contributed by atoms with van der Waals surface area (Å²) >= 11 is 3.45. The van der Waals surface area contributed by atoms with E-state index >= 15 is 0 Å². The fourth-order valence-electron chi connectivity index (χ4n) is 1.99. The van der Waals surface area contributed by atoms with Crippen molar-refractivity contribution in [1.29, 1.82) is 0 Å². The van der Waals surface area contributed by atoms with E-state index < -0.39 is 6.10 Å². The highest BCUT2D eigenvalue weighted by Gasteiger charge is 2.11. The molecule has 0 saturated heterocycles. The Balaban J connectivity index is 2.22. The number of aliphatic hydroxyl groups is 1. The van der Waals surface area contributed by atoms with Crippen LogP contribution in [0.2, 0.25) is 0 Å². The number of halogens is 1. The molecule has 2 aromatic rings. The molecule has 3 heteroatoms. The minimum Gasteiger partial charge on any atom is -0.388 e. The molecule has 1 unspecified atom stereocenters. The van der Waals surface area contributed by atoms with Crippen LogP contribution in [0.4, 0.5) is 0 Å². The third-order valence-corrected chi connectivity index (χ3v) is 3.41.